The summed E-state index contributed by atoms with van der Waals surface area (Å²) >= 11 is 0. The number of morpholine rings is 1. The average molecular weight is 348 g/mol. The summed E-state index contributed by atoms with van der Waals surface area (Å²) in [6.07, 6.45) is 1.76. The molecule has 138 valence electrons. The summed E-state index contributed by atoms with van der Waals surface area (Å²) in [6, 6.07) is 3.58. The van der Waals surface area contributed by atoms with Crippen LogP contribution < -0.4 is 5.56 Å². The summed E-state index contributed by atoms with van der Waals surface area (Å²) in [4.78, 5) is 33.1. The zero-order valence-electron chi connectivity index (χ0n) is 15.1. The van der Waals surface area contributed by atoms with Gasteiger partial charge < -0.3 is 14.6 Å². The fourth-order valence-electron chi connectivity index (χ4n) is 3.50. The highest BCUT2D eigenvalue weighted by molar-refractivity contribution is 5.94. The number of hydrogen-bond acceptors (Lipinski definition) is 5. The normalized spacial score (nSPS) is 23.2. The summed E-state index contributed by atoms with van der Waals surface area (Å²) in [7, 11) is 0. The van der Waals surface area contributed by atoms with Gasteiger partial charge in [-0.1, -0.05) is 0 Å². The number of aromatic nitrogens is 1. The van der Waals surface area contributed by atoms with Crippen molar-refractivity contribution in [3.63, 3.8) is 0 Å². The molecular formula is C18H28N4O3. The average Bonchev–Trinajstić information content (AvgIpc) is 2.62. The van der Waals surface area contributed by atoms with Crippen molar-refractivity contribution in [2.45, 2.75) is 26.0 Å². The number of rotatable bonds is 4. The molecule has 0 aromatic carbocycles. The van der Waals surface area contributed by atoms with Crippen molar-refractivity contribution in [1.29, 1.82) is 0 Å². The minimum atomic E-state index is -0.242. The Balaban J connectivity index is 1.48. The summed E-state index contributed by atoms with van der Waals surface area (Å²) in [5.74, 6) is -0.0642. The number of pyridine rings is 1. The van der Waals surface area contributed by atoms with Gasteiger partial charge >= 0.3 is 0 Å². The van der Waals surface area contributed by atoms with Gasteiger partial charge in [0.25, 0.3) is 5.91 Å². The van der Waals surface area contributed by atoms with E-state index < -0.39 is 0 Å². The number of nitrogens with one attached hydrogen (secondary N) is 1. The highest BCUT2D eigenvalue weighted by Crippen LogP contribution is 2.12. The first kappa shape index (κ1) is 18.1. The van der Waals surface area contributed by atoms with Gasteiger partial charge in [-0.25, -0.2) is 0 Å². The third-order valence-corrected chi connectivity index (χ3v) is 5.04. The van der Waals surface area contributed by atoms with E-state index in [1.54, 1.807) is 6.07 Å². The van der Waals surface area contributed by atoms with Crippen molar-refractivity contribution in [3.8, 4) is 0 Å². The molecule has 1 atom stereocenters. The minimum absolute atomic E-state index is 0.0642. The second-order valence-electron chi connectivity index (χ2n) is 7.12. The first-order valence-corrected chi connectivity index (χ1v) is 9.09. The van der Waals surface area contributed by atoms with E-state index >= 15 is 0 Å². The first-order valence-electron chi connectivity index (χ1n) is 9.09. The van der Waals surface area contributed by atoms with E-state index in [2.05, 4.69) is 28.6 Å². The fourth-order valence-corrected chi connectivity index (χ4v) is 3.50. The molecule has 2 fully saturated rings. The molecule has 0 aliphatic carbocycles. The van der Waals surface area contributed by atoms with Crippen LogP contribution in [0, 0.1) is 0 Å². The molecular weight excluding hydrogens is 320 g/mol. The number of aromatic amines is 1. The van der Waals surface area contributed by atoms with Gasteiger partial charge in [0.1, 0.15) is 0 Å². The zero-order valence-corrected chi connectivity index (χ0v) is 15.1. The molecule has 1 unspecified atom stereocenters. The quantitative estimate of drug-likeness (QED) is 0.844. The van der Waals surface area contributed by atoms with Crippen molar-refractivity contribution in [2.24, 2.45) is 0 Å². The molecule has 2 aliphatic heterocycles. The Bertz CT molecular complexity index is 637. The van der Waals surface area contributed by atoms with Crippen LogP contribution >= 0.6 is 0 Å². The number of carbonyl (C=O) groups excluding carboxylic acids is 1. The lowest BCUT2D eigenvalue weighted by molar-refractivity contribution is -0.0555. The van der Waals surface area contributed by atoms with E-state index in [0.717, 1.165) is 39.3 Å². The molecule has 0 radical (unpaired) electrons. The lowest BCUT2D eigenvalue weighted by atomic mass is 10.2. The molecule has 7 heteroatoms. The molecule has 0 spiro atoms. The van der Waals surface area contributed by atoms with Crippen LogP contribution in [-0.4, -0.2) is 90.2 Å². The standard InChI is InChI=1S/C18H28N4O3/c1-14(2)22-9-10-25-16(13-22)12-20-5-7-21(8-6-20)18(24)15-3-4-19-17(23)11-15/h3-4,11,14,16H,5-10,12-13H2,1-2H3,(H,19,23). The van der Waals surface area contributed by atoms with Crippen LogP contribution in [0.3, 0.4) is 0 Å². The molecule has 2 saturated heterocycles. The van der Waals surface area contributed by atoms with Gasteiger partial charge in [-0.3, -0.25) is 19.4 Å². The van der Waals surface area contributed by atoms with Crippen LogP contribution in [0.4, 0.5) is 0 Å². The molecule has 0 bridgehead atoms. The van der Waals surface area contributed by atoms with Crippen LogP contribution in [-0.2, 0) is 4.74 Å². The van der Waals surface area contributed by atoms with Crippen molar-refractivity contribution in [2.75, 3.05) is 52.4 Å². The van der Waals surface area contributed by atoms with E-state index in [9.17, 15) is 9.59 Å². The van der Waals surface area contributed by atoms with E-state index in [1.165, 1.54) is 12.3 Å². The summed E-state index contributed by atoms with van der Waals surface area (Å²) in [6.45, 7) is 11.2. The van der Waals surface area contributed by atoms with E-state index in [-0.39, 0.29) is 17.6 Å². The molecule has 1 aromatic rings. The zero-order chi connectivity index (χ0) is 17.8. The molecule has 3 heterocycles. The maximum atomic E-state index is 12.5. The molecule has 3 rings (SSSR count). The maximum Gasteiger partial charge on any atom is 0.254 e. The topological polar surface area (TPSA) is 68.9 Å². The van der Waals surface area contributed by atoms with Gasteiger partial charge in [0.05, 0.1) is 12.7 Å². The number of ether oxygens (including phenoxy) is 1. The van der Waals surface area contributed by atoms with Crippen LogP contribution in [0.25, 0.3) is 0 Å². The van der Waals surface area contributed by atoms with Crippen molar-refractivity contribution in [1.82, 2.24) is 19.7 Å². The van der Waals surface area contributed by atoms with Gasteiger partial charge in [-0.05, 0) is 19.9 Å². The molecule has 1 aromatic heterocycles. The Morgan fingerprint density at radius 1 is 1.28 bits per heavy atom. The minimum Gasteiger partial charge on any atom is -0.374 e. The Kier molecular flexibility index (Phi) is 5.88. The number of hydrogen-bond donors (Lipinski definition) is 1. The third-order valence-electron chi connectivity index (χ3n) is 5.04. The van der Waals surface area contributed by atoms with Gasteiger partial charge in [0.2, 0.25) is 5.56 Å². The lowest BCUT2D eigenvalue weighted by Gasteiger charge is -2.40. The summed E-state index contributed by atoms with van der Waals surface area (Å²) < 4.78 is 5.92. The second-order valence-corrected chi connectivity index (χ2v) is 7.12. The molecule has 25 heavy (non-hydrogen) atoms. The van der Waals surface area contributed by atoms with E-state index in [0.29, 0.717) is 24.7 Å². The number of piperazine rings is 1. The monoisotopic (exact) mass is 348 g/mol. The SMILES string of the molecule is CC(C)N1CCOC(CN2CCN(C(=O)c3cc[nH]c(=O)c3)CC2)C1. The molecule has 2 aliphatic rings. The number of carbonyl (C=O) groups is 1. The Morgan fingerprint density at radius 2 is 2.04 bits per heavy atom. The smallest absolute Gasteiger partial charge is 0.254 e. The van der Waals surface area contributed by atoms with Crippen molar-refractivity contribution < 1.29 is 9.53 Å². The molecule has 0 saturated carbocycles. The Labute approximate surface area is 148 Å². The van der Waals surface area contributed by atoms with Gasteiger partial charge in [0, 0.05) is 69.7 Å². The summed E-state index contributed by atoms with van der Waals surface area (Å²) in [5, 5.41) is 0. The van der Waals surface area contributed by atoms with Crippen molar-refractivity contribution in [3.05, 3.63) is 34.2 Å². The predicted octanol–water partition coefficient (Wildman–Crippen LogP) is 0.242. The van der Waals surface area contributed by atoms with Crippen molar-refractivity contribution >= 4 is 5.91 Å². The van der Waals surface area contributed by atoms with Crippen LogP contribution in [0.15, 0.2) is 23.1 Å². The van der Waals surface area contributed by atoms with Crippen LogP contribution in [0.2, 0.25) is 0 Å². The third kappa shape index (κ3) is 4.68. The largest absolute Gasteiger partial charge is 0.374 e. The van der Waals surface area contributed by atoms with E-state index in [4.69, 9.17) is 4.74 Å². The second kappa shape index (κ2) is 8.12. The summed E-state index contributed by atoms with van der Waals surface area (Å²) in [5.41, 5.74) is 0.217. The fraction of sp³-hybridized carbons (Fsp3) is 0.667. The van der Waals surface area contributed by atoms with Crippen LogP contribution in [0.1, 0.15) is 24.2 Å². The number of nitrogens with zero attached hydrogens (tertiary/aromatic N) is 3. The first-order chi connectivity index (χ1) is 12.0. The van der Waals surface area contributed by atoms with Gasteiger partial charge in [-0.2, -0.15) is 0 Å². The lowest BCUT2D eigenvalue weighted by Crippen LogP contribution is -2.54. The Hall–Kier alpha value is -1.70. The van der Waals surface area contributed by atoms with Gasteiger partial charge in [0.15, 0.2) is 0 Å². The highest BCUT2D eigenvalue weighted by atomic mass is 16.5. The van der Waals surface area contributed by atoms with E-state index in [1.807, 2.05) is 4.90 Å². The molecule has 1 N–H and O–H groups in total. The number of amides is 1. The molecule has 7 nitrogen and oxygen atoms in total. The molecule has 1 amide bonds. The highest BCUT2D eigenvalue weighted by Gasteiger charge is 2.27. The maximum absolute atomic E-state index is 12.5. The van der Waals surface area contributed by atoms with Gasteiger partial charge in [-0.15, -0.1) is 0 Å². The Morgan fingerprint density at radius 3 is 2.72 bits per heavy atom. The van der Waals surface area contributed by atoms with Crippen LogP contribution in [0.5, 0.6) is 0 Å². The predicted molar refractivity (Wildman–Crippen MR) is 95.9 cm³/mol. The number of H-pyrrole nitrogens is 1.